The third-order valence-electron chi connectivity index (χ3n) is 4.92. The first-order valence-corrected chi connectivity index (χ1v) is 10.0. The average molecular weight is 385 g/mol. The Kier molecular flexibility index (Phi) is 6.36. The van der Waals surface area contributed by atoms with Gasteiger partial charge < -0.3 is 10.6 Å². The highest BCUT2D eigenvalue weighted by Crippen LogP contribution is 2.24. The van der Waals surface area contributed by atoms with Gasteiger partial charge in [-0.15, -0.1) is 0 Å². The fourth-order valence-corrected chi connectivity index (χ4v) is 3.22. The number of carbonyl (C=O) groups excluding carboxylic acids is 1. The molecule has 0 atom stereocenters. The normalized spacial score (nSPS) is 15.4. The van der Waals surface area contributed by atoms with Crippen LogP contribution in [0.3, 0.4) is 0 Å². The number of anilines is 2. The molecule has 7 heteroatoms. The molecule has 7 nitrogen and oxygen atoms in total. The molecule has 1 saturated heterocycles. The summed E-state index contributed by atoms with van der Waals surface area (Å²) < 4.78 is 1.82. The molecule has 0 spiro atoms. The number of rotatable bonds is 5. The SMILES string of the molecule is CCn1nc(C(C)(C)C)cc1NC(=O)Nc1ccc(CN2CCNCC2)cc1. The second-order valence-electron chi connectivity index (χ2n) is 8.28. The highest BCUT2D eigenvalue weighted by Gasteiger charge is 2.20. The van der Waals surface area contributed by atoms with Crippen LogP contribution in [0, 0.1) is 0 Å². The zero-order chi connectivity index (χ0) is 20.1. The lowest BCUT2D eigenvalue weighted by atomic mass is 9.92. The standard InChI is InChI=1S/C21H32N6O/c1-5-27-19(14-18(25-27)21(2,3)4)24-20(28)23-17-8-6-16(7-9-17)15-26-12-10-22-11-13-26/h6-9,14,22H,5,10-13,15H2,1-4H3,(H2,23,24,28). The topological polar surface area (TPSA) is 74.2 Å². The van der Waals surface area contributed by atoms with E-state index in [0.29, 0.717) is 12.4 Å². The molecule has 28 heavy (non-hydrogen) atoms. The van der Waals surface area contributed by atoms with Gasteiger partial charge in [0.1, 0.15) is 5.82 Å². The summed E-state index contributed by atoms with van der Waals surface area (Å²) in [5.41, 5.74) is 2.93. The van der Waals surface area contributed by atoms with Crippen LogP contribution in [0.5, 0.6) is 0 Å². The molecule has 1 aromatic heterocycles. The van der Waals surface area contributed by atoms with Crippen LogP contribution in [0.15, 0.2) is 30.3 Å². The lowest BCUT2D eigenvalue weighted by Crippen LogP contribution is -2.42. The van der Waals surface area contributed by atoms with Gasteiger partial charge in [-0.3, -0.25) is 10.2 Å². The number of nitrogens with one attached hydrogen (secondary N) is 3. The maximum Gasteiger partial charge on any atom is 0.324 e. The van der Waals surface area contributed by atoms with E-state index in [4.69, 9.17) is 0 Å². The monoisotopic (exact) mass is 384 g/mol. The summed E-state index contributed by atoms with van der Waals surface area (Å²) in [7, 11) is 0. The molecule has 0 radical (unpaired) electrons. The molecule has 0 bridgehead atoms. The van der Waals surface area contributed by atoms with Crippen LogP contribution >= 0.6 is 0 Å². The Morgan fingerprint density at radius 2 is 1.82 bits per heavy atom. The lowest BCUT2D eigenvalue weighted by Gasteiger charge is -2.27. The molecule has 2 amide bonds. The first-order valence-electron chi connectivity index (χ1n) is 10.0. The van der Waals surface area contributed by atoms with E-state index in [0.717, 1.165) is 44.1 Å². The van der Waals surface area contributed by atoms with Crippen molar-refractivity contribution in [3.05, 3.63) is 41.6 Å². The number of piperazine rings is 1. The van der Waals surface area contributed by atoms with E-state index in [1.165, 1.54) is 5.56 Å². The van der Waals surface area contributed by atoms with Gasteiger partial charge in [0, 0.05) is 56.4 Å². The number of aryl methyl sites for hydroxylation is 1. The van der Waals surface area contributed by atoms with Gasteiger partial charge in [-0.05, 0) is 24.6 Å². The van der Waals surface area contributed by atoms with E-state index in [9.17, 15) is 4.79 Å². The molecule has 1 fully saturated rings. The molecule has 0 aliphatic carbocycles. The Balaban J connectivity index is 1.58. The van der Waals surface area contributed by atoms with Crippen LogP contribution in [-0.2, 0) is 18.5 Å². The molecule has 1 aliphatic rings. The van der Waals surface area contributed by atoms with Crippen LogP contribution in [0.25, 0.3) is 0 Å². The van der Waals surface area contributed by atoms with Gasteiger partial charge in [0.15, 0.2) is 0 Å². The van der Waals surface area contributed by atoms with Crippen molar-refractivity contribution in [2.24, 2.45) is 0 Å². The van der Waals surface area contributed by atoms with E-state index in [-0.39, 0.29) is 11.4 Å². The van der Waals surface area contributed by atoms with Crippen LogP contribution in [-0.4, -0.2) is 46.9 Å². The molecular weight excluding hydrogens is 352 g/mol. The molecule has 2 aromatic rings. The molecule has 3 rings (SSSR count). The van der Waals surface area contributed by atoms with Crippen molar-refractivity contribution in [2.75, 3.05) is 36.8 Å². The molecule has 3 N–H and O–H groups in total. The minimum absolute atomic E-state index is 0.0619. The van der Waals surface area contributed by atoms with E-state index in [1.807, 2.05) is 29.8 Å². The van der Waals surface area contributed by atoms with Gasteiger partial charge >= 0.3 is 6.03 Å². The van der Waals surface area contributed by atoms with E-state index >= 15 is 0 Å². The number of amides is 2. The van der Waals surface area contributed by atoms with Gasteiger partial charge in [-0.1, -0.05) is 32.9 Å². The minimum Gasteiger partial charge on any atom is -0.314 e. The number of hydrogen-bond acceptors (Lipinski definition) is 4. The number of hydrogen-bond donors (Lipinski definition) is 3. The summed E-state index contributed by atoms with van der Waals surface area (Å²) in [4.78, 5) is 14.9. The van der Waals surface area contributed by atoms with Crippen LogP contribution in [0.2, 0.25) is 0 Å². The van der Waals surface area contributed by atoms with Crippen molar-refractivity contribution in [1.82, 2.24) is 20.0 Å². The molecule has 1 aromatic carbocycles. The van der Waals surface area contributed by atoms with Gasteiger partial charge in [0.05, 0.1) is 5.69 Å². The second-order valence-corrected chi connectivity index (χ2v) is 8.28. The summed E-state index contributed by atoms with van der Waals surface area (Å²) in [5, 5.41) is 13.8. The smallest absolute Gasteiger partial charge is 0.314 e. The van der Waals surface area contributed by atoms with Crippen molar-refractivity contribution in [3.63, 3.8) is 0 Å². The van der Waals surface area contributed by atoms with Gasteiger partial charge in [-0.2, -0.15) is 5.10 Å². The maximum atomic E-state index is 12.4. The summed E-state index contributed by atoms with van der Waals surface area (Å²) in [6, 6.07) is 9.74. The maximum absolute atomic E-state index is 12.4. The first-order chi connectivity index (χ1) is 13.3. The largest absolute Gasteiger partial charge is 0.324 e. The first kappa shape index (κ1) is 20.4. The molecule has 1 aliphatic heterocycles. The Labute approximate surface area is 167 Å². The average Bonchev–Trinajstić information content (AvgIpc) is 3.07. The lowest BCUT2D eigenvalue weighted by molar-refractivity contribution is 0.233. The van der Waals surface area contributed by atoms with Crippen molar-refractivity contribution in [1.29, 1.82) is 0 Å². The van der Waals surface area contributed by atoms with Gasteiger partial charge in [0.25, 0.3) is 0 Å². The Morgan fingerprint density at radius 3 is 2.43 bits per heavy atom. The zero-order valence-corrected chi connectivity index (χ0v) is 17.4. The van der Waals surface area contributed by atoms with E-state index < -0.39 is 0 Å². The van der Waals surface area contributed by atoms with Crippen LogP contribution in [0.1, 0.15) is 39.0 Å². The zero-order valence-electron chi connectivity index (χ0n) is 17.4. The van der Waals surface area contributed by atoms with Crippen molar-refractivity contribution >= 4 is 17.5 Å². The number of aromatic nitrogens is 2. The second kappa shape index (κ2) is 8.75. The molecule has 152 valence electrons. The van der Waals surface area contributed by atoms with Crippen LogP contribution in [0.4, 0.5) is 16.3 Å². The van der Waals surface area contributed by atoms with E-state index in [2.05, 4.69) is 58.9 Å². The number of benzene rings is 1. The highest BCUT2D eigenvalue weighted by atomic mass is 16.2. The molecule has 0 unspecified atom stereocenters. The third kappa shape index (κ3) is 5.33. The summed E-state index contributed by atoms with van der Waals surface area (Å²) in [6.07, 6.45) is 0. The van der Waals surface area contributed by atoms with Gasteiger partial charge in [0.2, 0.25) is 0 Å². The highest BCUT2D eigenvalue weighted by molar-refractivity contribution is 5.99. The predicted molar refractivity (Wildman–Crippen MR) is 114 cm³/mol. The van der Waals surface area contributed by atoms with Crippen molar-refractivity contribution in [3.8, 4) is 0 Å². The van der Waals surface area contributed by atoms with Crippen molar-refractivity contribution in [2.45, 2.75) is 46.2 Å². The quantitative estimate of drug-likeness (QED) is 0.740. The summed E-state index contributed by atoms with van der Waals surface area (Å²) >= 11 is 0. The van der Waals surface area contributed by atoms with Crippen molar-refractivity contribution < 1.29 is 4.79 Å². The number of urea groups is 1. The predicted octanol–water partition coefficient (Wildman–Crippen LogP) is 3.25. The third-order valence-corrected chi connectivity index (χ3v) is 4.92. The summed E-state index contributed by atoms with van der Waals surface area (Å²) in [6.45, 7) is 14.2. The van der Waals surface area contributed by atoms with Gasteiger partial charge in [-0.25, -0.2) is 9.48 Å². The van der Waals surface area contributed by atoms with Crippen LogP contribution < -0.4 is 16.0 Å². The number of nitrogens with zero attached hydrogens (tertiary/aromatic N) is 3. The number of carbonyl (C=O) groups is 1. The Hall–Kier alpha value is -2.38. The fourth-order valence-electron chi connectivity index (χ4n) is 3.22. The molecular formula is C21H32N6O. The summed E-state index contributed by atoms with van der Waals surface area (Å²) in [5.74, 6) is 0.709. The molecule has 2 heterocycles. The van der Waals surface area contributed by atoms with E-state index in [1.54, 1.807) is 0 Å². The Bertz CT molecular complexity index is 784. The minimum atomic E-state index is -0.259. The fraction of sp³-hybridized carbons (Fsp3) is 0.524. The molecule has 0 saturated carbocycles. The Morgan fingerprint density at radius 1 is 1.14 bits per heavy atom.